The molecule has 1 fully saturated rings. The lowest BCUT2D eigenvalue weighted by atomic mass is 10.0. The number of hydrogen-bond acceptors (Lipinski definition) is 5. The molecule has 1 saturated heterocycles. The van der Waals surface area contributed by atoms with Gasteiger partial charge in [-0.05, 0) is 32.2 Å². The maximum atomic E-state index is 5.49. The molecule has 0 spiro atoms. The summed E-state index contributed by atoms with van der Waals surface area (Å²) in [5, 5.41) is 4.07. The van der Waals surface area contributed by atoms with Crippen molar-refractivity contribution < 1.29 is 9.26 Å². The Morgan fingerprint density at radius 3 is 3.12 bits per heavy atom. The fourth-order valence-corrected chi connectivity index (χ4v) is 2.11. The van der Waals surface area contributed by atoms with E-state index in [1.807, 2.05) is 0 Å². The molecule has 2 N–H and O–H groups in total. The van der Waals surface area contributed by atoms with Gasteiger partial charge in [-0.1, -0.05) is 12.1 Å². The summed E-state index contributed by atoms with van der Waals surface area (Å²) in [4.78, 5) is 4.49. The van der Waals surface area contributed by atoms with E-state index in [0.717, 1.165) is 50.6 Å². The molecule has 1 aliphatic rings. The Bertz CT molecular complexity index is 334. The summed E-state index contributed by atoms with van der Waals surface area (Å²) >= 11 is 0. The van der Waals surface area contributed by atoms with E-state index in [9.17, 15) is 0 Å². The van der Waals surface area contributed by atoms with Gasteiger partial charge in [0.15, 0.2) is 5.82 Å². The second kappa shape index (κ2) is 6.12. The molecule has 0 radical (unpaired) electrons. The predicted molar refractivity (Wildman–Crippen MR) is 63.8 cm³/mol. The Morgan fingerprint density at radius 2 is 2.41 bits per heavy atom. The highest BCUT2D eigenvalue weighted by atomic mass is 16.5. The van der Waals surface area contributed by atoms with E-state index in [1.165, 1.54) is 0 Å². The monoisotopic (exact) mass is 239 g/mol. The molecule has 2 atom stereocenters. The molecule has 0 amide bonds. The topological polar surface area (TPSA) is 74.2 Å². The van der Waals surface area contributed by atoms with Gasteiger partial charge in [0.05, 0.1) is 6.61 Å². The van der Waals surface area contributed by atoms with Crippen molar-refractivity contribution in [3.05, 3.63) is 11.7 Å². The number of nitrogens with zero attached hydrogens (tertiary/aromatic N) is 2. The van der Waals surface area contributed by atoms with Gasteiger partial charge in [-0.25, -0.2) is 0 Å². The van der Waals surface area contributed by atoms with Crippen LogP contribution in [0.2, 0.25) is 0 Å². The summed E-state index contributed by atoms with van der Waals surface area (Å²) in [5.41, 5.74) is 5.49. The van der Waals surface area contributed by atoms with Gasteiger partial charge in [0, 0.05) is 18.4 Å². The van der Waals surface area contributed by atoms with Crippen LogP contribution in [0.5, 0.6) is 0 Å². The molecular weight excluding hydrogens is 218 g/mol. The minimum Gasteiger partial charge on any atom is -0.381 e. The molecule has 5 nitrogen and oxygen atoms in total. The number of nitrogens with two attached hydrogens (primary N) is 1. The van der Waals surface area contributed by atoms with Crippen LogP contribution in [0.25, 0.3) is 0 Å². The second-order valence-corrected chi connectivity index (χ2v) is 4.74. The average molecular weight is 239 g/mol. The summed E-state index contributed by atoms with van der Waals surface area (Å²) < 4.78 is 10.8. The van der Waals surface area contributed by atoms with Crippen LogP contribution in [-0.4, -0.2) is 29.9 Å². The predicted octanol–water partition coefficient (Wildman–Crippen LogP) is 1.81. The molecular formula is C12H21N3O2. The van der Waals surface area contributed by atoms with E-state index in [2.05, 4.69) is 17.1 Å². The molecule has 0 saturated carbocycles. The minimum absolute atomic E-state index is 0.296. The fourth-order valence-electron chi connectivity index (χ4n) is 2.11. The molecule has 0 aromatic carbocycles. The van der Waals surface area contributed by atoms with Crippen molar-refractivity contribution in [1.29, 1.82) is 0 Å². The zero-order valence-corrected chi connectivity index (χ0v) is 10.4. The molecule has 5 heteroatoms. The number of aromatic nitrogens is 2. The minimum atomic E-state index is 0.296. The first-order valence-electron chi connectivity index (χ1n) is 6.42. The Morgan fingerprint density at radius 1 is 1.53 bits per heavy atom. The van der Waals surface area contributed by atoms with Crippen LogP contribution in [0.4, 0.5) is 0 Å². The molecule has 2 unspecified atom stereocenters. The highest BCUT2D eigenvalue weighted by molar-refractivity contribution is 4.99. The lowest BCUT2D eigenvalue weighted by Crippen LogP contribution is -2.16. The van der Waals surface area contributed by atoms with Gasteiger partial charge in [0.2, 0.25) is 5.89 Å². The smallest absolute Gasteiger partial charge is 0.229 e. The van der Waals surface area contributed by atoms with Crippen LogP contribution in [0.3, 0.4) is 0 Å². The maximum Gasteiger partial charge on any atom is 0.229 e. The highest BCUT2D eigenvalue weighted by Gasteiger charge is 2.22. The van der Waals surface area contributed by atoms with Gasteiger partial charge in [-0.3, -0.25) is 0 Å². The molecule has 1 aromatic rings. The SMILES string of the molecule is CC(CCCN)c1nc(C2CCCOC2)no1. The van der Waals surface area contributed by atoms with Gasteiger partial charge in [0.25, 0.3) is 0 Å². The fraction of sp³-hybridized carbons (Fsp3) is 0.833. The van der Waals surface area contributed by atoms with Crippen molar-refractivity contribution in [3.63, 3.8) is 0 Å². The third kappa shape index (κ3) is 3.26. The molecule has 2 rings (SSSR count). The zero-order chi connectivity index (χ0) is 12.1. The zero-order valence-electron chi connectivity index (χ0n) is 10.4. The first-order valence-corrected chi connectivity index (χ1v) is 6.42. The van der Waals surface area contributed by atoms with Crippen LogP contribution < -0.4 is 5.73 Å². The van der Waals surface area contributed by atoms with Crippen molar-refractivity contribution >= 4 is 0 Å². The van der Waals surface area contributed by atoms with E-state index in [0.29, 0.717) is 18.4 Å². The van der Waals surface area contributed by atoms with Crippen LogP contribution in [0.1, 0.15) is 56.2 Å². The normalized spacial score (nSPS) is 22.6. The maximum absolute atomic E-state index is 5.49. The van der Waals surface area contributed by atoms with E-state index in [-0.39, 0.29) is 0 Å². The highest BCUT2D eigenvalue weighted by Crippen LogP contribution is 2.25. The van der Waals surface area contributed by atoms with Gasteiger partial charge >= 0.3 is 0 Å². The van der Waals surface area contributed by atoms with E-state index < -0.39 is 0 Å². The quantitative estimate of drug-likeness (QED) is 0.848. The average Bonchev–Trinajstić information content (AvgIpc) is 2.86. The standard InChI is InChI=1S/C12H21N3O2/c1-9(4-2-6-13)12-14-11(15-17-12)10-5-3-7-16-8-10/h9-10H,2-8,13H2,1H3. The number of rotatable bonds is 5. The molecule has 1 aromatic heterocycles. The van der Waals surface area contributed by atoms with E-state index in [1.54, 1.807) is 0 Å². The molecule has 1 aliphatic heterocycles. The first kappa shape index (κ1) is 12.5. The van der Waals surface area contributed by atoms with Gasteiger partial charge < -0.3 is 15.0 Å². The van der Waals surface area contributed by atoms with Crippen LogP contribution in [0.15, 0.2) is 4.52 Å². The third-order valence-electron chi connectivity index (χ3n) is 3.25. The Hall–Kier alpha value is -0.940. The molecule has 0 bridgehead atoms. The van der Waals surface area contributed by atoms with Crippen molar-refractivity contribution in [1.82, 2.24) is 10.1 Å². The molecule has 17 heavy (non-hydrogen) atoms. The largest absolute Gasteiger partial charge is 0.381 e. The van der Waals surface area contributed by atoms with E-state index >= 15 is 0 Å². The van der Waals surface area contributed by atoms with Crippen LogP contribution in [-0.2, 0) is 4.74 Å². The van der Waals surface area contributed by atoms with Crippen molar-refractivity contribution in [3.8, 4) is 0 Å². The third-order valence-corrected chi connectivity index (χ3v) is 3.25. The van der Waals surface area contributed by atoms with Crippen molar-refractivity contribution in [2.75, 3.05) is 19.8 Å². The summed E-state index contributed by atoms with van der Waals surface area (Å²) in [6.45, 7) is 4.39. The van der Waals surface area contributed by atoms with Crippen LogP contribution in [0, 0.1) is 0 Å². The molecule has 96 valence electrons. The Balaban J connectivity index is 1.94. The van der Waals surface area contributed by atoms with Gasteiger partial charge in [-0.2, -0.15) is 4.98 Å². The van der Waals surface area contributed by atoms with Gasteiger partial charge in [-0.15, -0.1) is 0 Å². The summed E-state index contributed by atoms with van der Waals surface area (Å²) in [5.74, 6) is 2.14. The lowest BCUT2D eigenvalue weighted by molar-refractivity contribution is 0.0773. The van der Waals surface area contributed by atoms with Crippen LogP contribution >= 0.6 is 0 Å². The summed E-state index contributed by atoms with van der Waals surface area (Å²) in [6, 6.07) is 0. The number of ether oxygens (including phenoxy) is 1. The Labute approximate surface area is 102 Å². The molecule has 2 heterocycles. The van der Waals surface area contributed by atoms with E-state index in [4.69, 9.17) is 15.0 Å². The lowest BCUT2D eigenvalue weighted by Gasteiger charge is -2.18. The summed E-state index contributed by atoms with van der Waals surface area (Å²) in [7, 11) is 0. The Kier molecular flexibility index (Phi) is 4.50. The van der Waals surface area contributed by atoms with Crippen molar-refractivity contribution in [2.45, 2.75) is 44.4 Å². The van der Waals surface area contributed by atoms with Gasteiger partial charge in [0.1, 0.15) is 0 Å². The first-order chi connectivity index (χ1) is 8.31. The summed E-state index contributed by atoms with van der Waals surface area (Å²) in [6.07, 6.45) is 4.16. The number of hydrogen-bond donors (Lipinski definition) is 1. The molecule has 0 aliphatic carbocycles. The second-order valence-electron chi connectivity index (χ2n) is 4.74. The van der Waals surface area contributed by atoms with Crippen molar-refractivity contribution in [2.24, 2.45) is 5.73 Å².